The van der Waals surface area contributed by atoms with Crippen LogP contribution in [0.4, 0.5) is 0 Å². The molecule has 0 aliphatic carbocycles. The summed E-state index contributed by atoms with van der Waals surface area (Å²) in [5, 5.41) is 4.70. The molecule has 0 radical (unpaired) electrons. The first-order chi connectivity index (χ1) is 6.74. The van der Waals surface area contributed by atoms with Crippen LogP contribution in [0, 0.1) is 0 Å². The summed E-state index contributed by atoms with van der Waals surface area (Å²) in [6, 6.07) is 5.63. The Morgan fingerprint density at radius 3 is 2.71 bits per heavy atom. The molecule has 0 fully saturated rings. The fourth-order valence-electron chi connectivity index (χ4n) is 1.35. The van der Waals surface area contributed by atoms with Gasteiger partial charge < -0.3 is 5.32 Å². The molecule has 0 unspecified atom stereocenters. The third-order valence-corrected chi connectivity index (χ3v) is 2.73. The van der Waals surface area contributed by atoms with E-state index in [1.54, 1.807) is 0 Å². The quantitative estimate of drug-likeness (QED) is 0.765. The molecule has 1 aromatic rings. The van der Waals surface area contributed by atoms with Crippen LogP contribution in [-0.2, 0) is 6.42 Å². The van der Waals surface area contributed by atoms with Gasteiger partial charge >= 0.3 is 0 Å². The first-order valence-corrected chi connectivity index (χ1v) is 5.58. The summed E-state index contributed by atoms with van der Waals surface area (Å²) in [6.45, 7) is 1.05. The Kier molecular flexibility index (Phi) is 5.31. The van der Waals surface area contributed by atoms with Gasteiger partial charge in [0, 0.05) is 10.0 Å². The minimum atomic E-state index is 0.762. The Morgan fingerprint density at radius 1 is 1.21 bits per heavy atom. The number of benzene rings is 1. The van der Waals surface area contributed by atoms with Crippen LogP contribution in [0.5, 0.6) is 0 Å². The van der Waals surface area contributed by atoms with E-state index in [1.807, 2.05) is 25.2 Å². The Bertz CT molecular complexity index is 287. The van der Waals surface area contributed by atoms with Crippen LogP contribution in [0.2, 0.25) is 10.0 Å². The van der Waals surface area contributed by atoms with Crippen molar-refractivity contribution in [3.63, 3.8) is 0 Å². The highest BCUT2D eigenvalue weighted by atomic mass is 35.5. The summed E-state index contributed by atoms with van der Waals surface area (Å²) in [7, 11) is 1.96. The van der Waals surface area contributed by atoms with Gasteiger partial charge in [-0.05, 0) is 56.6 Å². The van der Waals surface area contributed by atoms with Gasteiger partial charge in [-0.25, -0.2) is 0 Å². The van der Waals surface area contributed by atoms with Crippen LogP contribution < -0.4 is 5.32 Å². The molecule has 0 aromatic heterocycles. The number of hydrogen-bond acceptors (Lipinski definition) is 1. The lowest BCUT2D eigenvalue weighted by Crippen LogP contribution is -2.07. The lowest BCUT2D eigenvalue weighted by Gasteiger charge is -2.04. The van der Waals surface area contributed by atoms with Crippen LogP contribution in [0.15, 0.2) is 18.2 Å². The van der Waals surface area contributed by atoms with Gasteiger partial charge in [-0.2, -0.15) is 0 Å². The molecule has 1 nitrogen and oxygen atoms in total. The second kappa shape index (κ2) is 6.28. The first kappa shape index (κ1) is 11.8. The molecule has 0 spiro atoms. The lowest BCUT2D eigenvalue weighted by molar-refractivity contribution is 0.677. The van der Waals surface area contributed by atoms with Crippen molar-refractivity contribution in [1.29, 1.82) is 0 Å². The zero-order chi connectivity index (χ0) is 10.4. The van der Waals surface area contributed by atoms with Crippen molar-refractivity contribution in [2.75, 3.05) is 13.6 Å². The molecule has 0 amide bonds. The smallest absolute Gasteiger partial charge is 0.0439 e. The largest absolute Gasteiger partial charge is 0.320 e. The average molecular weight is 232 g/mol. The monoisotopic (exact) mass is 231 g/mol. The molecular formula is C11H15Cl2N. The van der Waals surface area contributed by atoms with E-state index >= 15 is 0 Å². The zero-order valence-corrected chi connectivity index (χ0v) is 9.83. The van der Waals surface area contributed by atoms with Crippen molar-refractivity contribution < 1.29 is 0 Å². The van der Waals surface area contributed by atoms with Crippen molar-refractivity contribution in [2.24, 2.45) is 0 Å². The molecule has 0 heterocycles. The molecular weight excluding hydrogens is 217 g/mol. The van der Waals surface area contributed by atoms with Gasteiger partial charge in [0.15, 0.2) is 0 Å². The molecule has 0 aliphatic rings. The Morgan fingerprint density at radius 2 is 2.00 bits per heavy atom. The molecule has 0 bridgehead atoms. The van der Waals surface area contributed by atoms with Crippen LogP contribution >= 0.6 is 23.2 Å². The molecule has 1 rings (SSSR count). The number of hydrogen-bond donors (Lipinski definition) is 1. The summed E-state index contributed by atoms with van der Waals surface area (Å²) in [5.74, 6) is 0. The molecule has 0 atom stereocenters. The molecule has 78 valence electrons. The lowest BCUT2D eigenvalue weighted by atomic mass is 10.1. The average Bonchev–Trinajstić information content (AvgIpc) is 2.18. The van der Waals surface area contributed by atoms with Crippen molar-refractivity contribution in [1.82, 2.24) is 5.32 Å². The third kappa shape index (κ3) is 3.87. The summed E-state index contributed by atoms with van der Waals surface area (Å²) >= 11 is 11.9. The van der Waals surface area contributed by atoms with E-state index < -0.39 is 0 Å². The predicted molar refractivity (Wildman–Crippen MR) is 63.3 cm³/mol. The van der Waals surface area contributed by atoms with Crippen LogP contribution in [0.25, 0.3) is 0 Å². The van der Waals surface area contributed by atoms with E-state index in [-0.39, 0.29) is 0 Å². The zero-order valence-electron chi connectivity index (χ0n) is 8.32. The summed E-state index contributed by atoms with van der Waals surface area (Å²) in [4.78, 5) is 0. The fourth-order valence-corrected chi connectivity index (χ4v) is 1.76. The van der Waals surface area contributed by atoms with Gasteiger partial charge in [0.05, 0.1) is 0 Å². The van der Waals surface area contributed by atoms with E-state index in [2.05, 4.69) is 5.32 Å². The maximum atomic E-state index is 6.03. The Balaban J connectivity index is 2.45. The number of halogens is 2. The van der Waals surface area contributed by atoms with E-state index in [0.717, 1.165) is 35.0 Å². The van der Waals surface area contributed by atoms with Crippen molar-refractivity contribution in [2.45, 2.75) is 19.3 Å². The highest BCUT2D eigenvalue weighted by Crippen LogP contribution is 2.22. The van der Waals surface area contributed by atoms with Gasteiger partial charge in [-0.1, -0.05) is 23.2 Å². The van der Waals surface area contributed by atoms with Gasteiger partial charge in [0.25, 0.3) is 0 Å². The van der Waals surface area contributed by atoms with Crippen molar-refractivity contribution in [3.8, 4) is 0 Å². The summed E-state index contributed by atoms with van der Waals surface area (Å²) in [5.41, 5.74) is 1.15. The van der Waals surface area contributed by atoms with Gasteiger partial charge in [0.2, 0.25) is 0 Å². The SMILES string of the molecule is CNCCCCc1cc(Cl)ccc1Cl. The Labute approximate surface area is 95.4 Å². The topological polar surface area (TPSA) is 12.0 Å². The summed E-state index contributed by atoms with van der Waals surface area (Å²) < 4.78 is 0. The fraction of sp³-hybridized carbons (Fsp3) is 0.455. The van der Waals surface area contributed by atoms with E-state index in [1.165, 1.54) is 6.42 Å². The minimum absolute atomic E-state index is 0.762. The number of unbranched alkanes of at least 4 members (excludes halogenated alkanes) is 1. The van der Waals surface area contributed by atoms with E-state index in [0.29, 0.717) is 0 Å². The van der Waals surface area contributed by atoms with Crippen LogP contribution in [-0.4, -0.2) is 13.6 Å². The van der Waals surface area contributed by atoms with E-state index in [4.69, 9.17) is 23.2 Å². The second-order valence-electron chi connectivity index (χ2n) is 3.30. The van der Waals surface area contributed by atoms with Gasteiger partial charge in [0.1, 0.15) is 0 Å². The maximum absolute atomic E-state index is 6.03. The van der Waals surface area contributed by atoms with E-state index in [9.17, 15) is 0 Å². The molecule has 3 heteroatoms. The normalized spacial score (nSPS) is 10.5. The number of rotatable bonds is 5. The molecule has 0 aliphatic heterocycles. The molecule has 0 saturated carbocycles. The molecule has 14 heavy (non-hydrogen) atoms. The third-order valence-electron chi connectivity index (χ3n) is 2.13. The standard InChI is InChI=1S/C11H15Cl2N/c1-14-7-3-2-4-9-8-10(12)5-6-11(9)13/h5-6,8,14H,2-4,7H2,1H3. The van der Waals surface area contributed by atoms with Crippen LogP contribution in [0.3, 0.4) is 0 Å². The molecule has 0 saturated heterocycles. The van der Waals surface area contributed by atoms with Crippen LogP contribution in [0.1, 0.15) is 18.4 Å². The highest BCUT2D eigenvalue weighted by Gasteiger charge is 2.00. The number of aryl methyl sites for hydroxylation is 1. The highest BCUT2D eigenvalue weighted by molar-refractivity contribution is 6.33. The predicted octanol–water partition coefficient (Wildman–Crippen LogP) is 3.54. The van der Waals surface area contributed by atoms with Crippen molar-refractivity contribution in [3.05, 3.63) is 33.8 Å². The number of nitrogens with one attached hydrogen (secondary N) is 1. The van der Waals surface area contributed by atoms with Crippen molar-refractivity contribution >= 4 is 23.2 Å². The first-order valence-electron chi connectivity index (χ1n) is 4.82. The second-order valence-corrected chi connectivity index (χ2v) is 4.14. The maximum Gasteiger partial charge on any atom is 0.0439 e. The summed E-state index contributed by atoms with van der Waals surface area (Å²) in [6.07, 6.45) is 3.31. The van der Waals surface area contributed by atoms with Gasteiger partial charge in [-0.3, -0.25) is 0 Å². The minimum Gasteiger partial charge on any atom is -0.320 e. The molecule has 1 aromatic carbocycles. The molecule has 1 N–H and O–H groups in total. The Hall–Kier alpha value is -0.240. The van der Waals surface area contributed by atoms with Gasteiger partial charge in [-0.15, -0.1) is 0 Å².